The van der Waals surface area contributed by atoms with Crippen molar-refractivity contribution in [3.63, 3.8) is 0 Å². The van der Waals surface area contributed by atoms with Gasteiger partial charge in [0.2, 0.25) is 11.8 Å². The van der Waals surface area contributed by atoms with Crippen molar-refractivity contribution in [1.82, 2.24) is 10.2 Å². The van der Waals surface area contributed by atoms with E-state index in [4.69, 9.17) is 4.74 Å². The first kappa shape index (κ1) is 28.1. The van der Waals surface area contributed by atoms with Gasteiger partial charge in [-0.3, -0.25) is 14.4 Å². The largest absolute Gasteiger partial charge is 0.460 e. The Balaban J connectivity index is 2.13. The van der Waals surface area contributed by atoms with Gasteiger partial charge < -0.3 is 15.0 Å². The zero-order valence-electron chi connectivity index (χ0n) is 19.6. The van der Waals surface area contributed by atoms with Gasteiger partial charge >= 0.3 is 5.97 Å². The van der Waals surface area contributed by atoms with Crippen LogP contribution in [0.3, 0.4) is 0 Å². The van der Waals surface area contributed by atoms with Gasteiger partial charge in [-0.05, 0) is 23.5 Å². The number of carbonyl (C=O) groups excluding carboxylic acids is 3. The molecule has 1 atom stereocenters. The first-order valence-corrected chi connectivity index (χ1v) is 13.5. The summed E-state index contributed by atoms with van der Waals surface area (Å²) in [5, 5.41) is 3.64. The number of nitrogens with zero attached hydrogens (tertiary/aromatic N) is 1. The van der Waals surface area contributed by atoms with Crippen molar-refractivity contribution in [1.29, 1.82) is 0 Å². The highest BCUT2D eigenvalue weighted by molar-refractivity contribution is 9.09. The number of esters is 1. The fourth-order valence-electron chi connectivity index (χ4n) is 3.42. The van der Waals surface area contributed by atoms with Crippen LogP contribution in [0.4, 0.5) is 0 Å². The third-order valence-electron chi connectivity index (χ3n) is 5.22. The number of benzene rings is 2. The first-order valence-electron chi connectivity index (χ1n) is 11.3. The van der Waals surface area contributed by atoms with E-state index in [0.29, 0.717) is 23.6 Å². The Morgan fingerprint density at radius 2 is 1.47 bits per heavy atom. The highest BCUT2D eigenvalue weighted by Crippen LogP contribution is 2.20. The Labute approximate surface area is 218 Å². The van der Waals surface area contributed by atoms with Crippen LogP contribution in [-0.4, -0.2) is 45.9 Å². The molecule has 0 aliphatic carbocycles. The molecule has 0 radical (unpaired) electrons. The molecule has 2 aromatic rings. The van der Waals surface area contributed by atoms with E-state index in [9.17, 15) is 14.4 Å². The second-order valence-electron chi connectivity index (χ2n) is 8.47. The van der Waals surface area contributed by atoms with Gasteiger partial charge in [0.1, 0.15) is 19.2 Å². The predicted molar refractivity (Wildman–Crippen MR) is 141 cm³/mol. The minimum absolute atomic E-state index is 0.120. The molecule has 8 heteroatoms. The molecular formula is C26H32Br2N2O4. The monoisotopic (exact) mass is 594 g/mol. The van der Waals surface area contributed by atoms with Crippen LogP contribution in [0.2, 0.25) is 0 Å². The fourth-order valence-corrected chi connectivity index (χ4v) is 5.04. The van der Waals surface area contributed by atoms with E-state index in [2.05, 4.69) is 37.2 Å². The van der Waals surface area contributed by atoms with E-state index >= 15 is 0 Å². The molecular weight excluding hydrogens is 564 g/mol. The lowest BCUT2D eigenvalue weighted by Gasteiger charge is -2.34. The Hall–Kier alpha value is -2.19. The zero-order valence-corrected chi connectivity index (χ0v) is 22.8. The molecule has 0 aliphatic heterocycles. The van der Waals surface area contributed by atoms with E-state index in [1.807, 2.05) is 74.5 Å². The third kappa shape index (κ3) is 9.22. The summed E-state index contributed by atoms with van der Waals surface area (Å²) in [5.41, 5.74) is 1.80. The number of halogens is 2. The molecule has 0 unspecified atom stereocenters. The Bertz CT molecular complexity index is 906. The standard InChI is InChI=1S/C26H32Br2N2O4/c1-19(2)13-23(25(32)29-16-24(31)34-18-21-11-7-4-8-12-21)30(26(33)22(14-27)15-28)17-20-9-5-3-6-10-20/h3-12,19,22-23H,13-18H2,1-2H3,(H,29,32)/t23-/m0/s1. The summed E-state index contributed by atoms with van der Waals surface area (Å²) in [5.74, 6) is -1.16. The summed E-state index contributed by atoms with van der Waals surface area (Å²) in [4.78, 5) is 40.5. The summed E-state index contributed by atoms with van der Waals surface area (Å²) in [6.45, 7) is 4.20. The zero-order chi connectivity index (χ0) is 24.9. The van der Waals surface area contributed by atoms with Gasteiger partial charge in [-0.1, -0.05) is 106 Å². The summed E-state index contributed by atoms with van der Waals surface area (Å²) in [6, 6.07) is 18.2. The minimum Gasteiger partial charge on any atom is -0.460 e. The van der Waals surface area contributed by atoms with E-state index in [1.165, 1.54) is 0 Å². The predicted octanol–water partition coefficient (Wildman–Crippen LogP) is 4.70. The number of alkyl halides is 2. The number of rotatable bonds is 13. The van der Waals surface area contributed by atoms with Crippen LogP contribution < -0.4 is 5.32 Å². The van der Waals surface area contributed by atoms with Crippen LogP contribution in [0.15, 0.2) is 60.7 Å². The van der Waals surface area contributed by atoms with Gasteiger partial charge in [0.05, 0.1) is 5.92 Å². The summed E-state index contributed by atoms with van der Waals surface area (Å²) in [6.07, 6.45) is 0.473. The average molecular weight is 596 g/mol. The quantitative estimate of drug-likeness (QED) is 0.269. The second kappa shape index (κ2) is 14.9. The van der Waals surface area contributed by atoms with E-state index < -0.39 is 12.0 Å². The molecule has 2 amide bonds. The molecule has 0 aromatic heterocycles. The summed E-state index contributed by atoms with van der Waals surface area (Å²) < 4.78 is 5.27. The molecule has 0 saturated carbocycles. The average Bonchev–Trinajstić information content (AvgIpc) is 2.85. The van der Waals surface area contributed by atoms with Crippen LogP contribution in [0.5, 0.6) is 0 Å². The Morgan fingerprint density at radius 1 is 0.912 bits per heavy atom. The lowest BCUT2D eigenvalue weighted by atomic mass is 9.99. The van der Waals surface area contributed by atoms with Crippen molar-refractivity contribution in [2.45, 2.75) is 39.5 Å². The van der Waals surface area contributed by atoms with Gasteiger partial charge in [0, 0.05) is 17.2 Å². The molecule has 0 heterocycles. The third-order valence-corrected chi connectivity index (χ3v) is 6.79. The molecule has 0 aliphatic rings. The lowest BCUT2D eigenvalue weighted by Crippen LogP contribution is -2.52. The molecule has 6 nitrogen and oxygen atoms in total. The molecule has 34 heavy (non-hydrogen) atoms. The van der Waals surface area contributed by atoms with Gasteiger partial charge in [0.25, 0.3) is 0 Å². The summed E-state index contributed by atoms with van der Waals surface area (Å²) >= 11 is 6.83. The van der Waals surface area contributed by atoms with Gasteiger partial charge in [-0.25, -0.2) is 0 Å². The molecule has 2 rings (SSSR count). The molecule has 2 aromatic carbocycles. The normalized spacial score (nSPS) is 11.8. The highest BCUT2D eigenvalue weighted by atomic mass is 79.9. The molecule has 0 fully saturated rings. The fraction of sp³-hybridized carbons (Fsp3) is 0.423. The number of hydrogen-bond acceptors (Lipinski definition) is 4. The second-order valence-corrected chi connectivity index (χ2v) is 9.76. The van der Waals surface area contributed by atoms with Gasteiger partial charge in [-0.2, -0.15) is 0 Å². The van der Waals surface area contributed by atoms with E-state index in [-0.39, 0.29) is 36.8 Å². The van der Waals surface area contributed by atoms with Gasteiger partial charge in [-0.15, -0.1) is 0 Å². The maximum atomic E-state index is 13.4. The molecule has 1 N–H and O–H groups in total. The number of amides is 2. The van der Waals surface area contributed by atoms with Crippen LogP contribution in [0, 0.1) is 11.8 Å². The molecule has 0 spiro atoms. The van der Waals surface area contributed by atoms with Crippen molar-refractivity contribution in [2.24, 2.45) is 11.8 Å². The number of nitrogens with one attached hydrogen (secondary N) is 1. The number of carbonyl (C=O) groups is 3. The maximum Gasteiger partial charge on any atom is 0.325 e. The van der Waals surface area contributed by atoms with Crippen molar-refractivity contribution >= 4 is 49.6 Å². The molecule has 184 valence electrons. The minimum atomic E-state index is -0.713. The SMILES string of the molecule is CC(C)C[C@@H](C(=O)NCC(=O)OCc1ccccc1)N(Cc1ccccc1)C(=O)C(CBr)CBr. The van der Waals surface area contributed by atoms with Crippen LogP contribution in [0.25, 0.3) is 0 Å². The highest BCUT2D eigenvalue weighted by Gasteiger charge is 2.34. The Kier molecular flexibility index (Phi) is 12.3. The van der Waals surface area contributed by atoms with Crippen LogP contribution in [0.1, 0.15) is 31.4 Å². The van der Waals surface area contributed by atoms with Crippen molar-refractivity contribution < 1.29 is 19.1 Å². The molecule has 0 saturated heterocycles. The van der Waals surface area contributed by atoms with Crippen molar-refractivity contribution in [3.05, 3.63) is 71.8 Å². The van der Waals surface area contributed by atoms with E-state index in [1.54, 1.807) is 4.90 Å². The summed E-state index contributed by atoms with van der Waals surface area (Å²) in [7, 11) is 0. The number of ether oxygens (including phenoxy) is 1. The smallest absolute Gasteiger partial charge is 0.325 e. The Morgan fingerprint density at radius 3 is 2.00 bits per heavy atom. The van der Waals surface area contributed by atoms with Gasteiger partial charge in [0.15, 0.2) is 0 Å². The van der Waals surface area contributed by atoms with Crippen molar-refractivity contribution in [3.8, 4) is 0 Å². The molecule has 0 bridgehead atoms. The number of hydrogen-bond donors (Lipinski definition) is 1. The lowest BCUT2D eigenvalue weighted by molar-refractivity contribution is -0.147. The topological polar surface area (TPSA) is 75.7 Å². The maximum absolute atomic E-state index is 13.4. The van der Waals surface area contributed by atoms with Crippen LogP contribution >= 0.6 is 31.9 Å². The first-order chi connectivity index (χ1) is 16.3. The van der Waals surface area contributed by atoms with E-state index in [0.717, 1.165) is 11.1 Å². The van der Waals surface area contributed by atoms with Crippen molar-refractivity contribution in [2.75, 3.05) is 17.2 Å². The van der Waals surface area contributed by atoms with Crippen LogP contribution in [-0.2, 0) is 32.3 Å².